The van der Waals surface area contributed by atoms with Gasteiger partial charge in [0, 0.05) is 29.7 Å². The molecule has 0 unspecified atom stereocenters. The second kappa shape index (κ2) is 7.76. The standard InChI is InChI=1S/C21H28N2O3S2/c1-14(2)22-21(24)20-19(17-9-5-6-10-18(17)27-20)15-11-12-23(13-15)28(25,26)16-7-3-4-8-16/h5-6,9-10,14-16H,3-4,7-8,11-13H2,1-2H3,(H,22,24)/t15-/m1/s1. The second-order valence-corrected chi connectivity index (χ2v) is 11.5. The molecule has 2 aliphatic rings. The highest BCUT2D eigenvalue weighted by atomic mass is 32.2. The van der Waals surface area contributed by atoms with E-state index in [2.05, 4.69) is 11.4 Å². The van der Waals surface area contributed by atoms with Crippen molar-refractivity contribution in [2.75, 3.05) is 13.1 Å². The van der Waals surface area contributed by atoms with Crippen molar-refractivity contribution in [3.05, 3.63) is 34.7 Å². The van der Waals surface area contributed by atoms with Crippen LogP contribution in [0.5, 0.6) is 0 Å². The largest absolute Gasteiger partial charge is 0.349 e. The Hall–Kier alpha value is -1.44. The lowest BCUT2D eigenvalue weighted by molar-refractivity contribution is 0.0946. The molecule has 28 heavy (non-hydrogen) atoms. The molecule has 1 aliphatic carbocycles. The van der Waals surface area contributed by atoms with Gasteiger partial charge in [0.1, 0.15) is 0 Å². The number of thiophene rings is 1. The SMILES string of the molecule is CC(C)NC(=O)c1sc2ccccc2c1[C@@H]1CCN(S(=O)(=O)C2CCCC2)C1. The summed E-state index contributed by atoms with van der Waals surface area (Å²) in [6.07, 6.45) is 4.36. The minimum absolute atomic E-state index is 0.0525. The van der Waals surface area contributed by atoms with Gasteiger partial charge in [-0.05, 0) is 50.1 Å². The molecule has 0 radical (unpaired) electrons. The van der Waals surface area contributed by atoms with Crippen LogP contribution in [-0.4, -0.2) is 43.0 Å². The van der Waals surface area contributed by atoms with Crippen LogP contribution in [0.25, 0.3) is 10.1 Å². The average Bonchev–Trinajstić information content (AvgIpc) is 3.38. The molecule has 2 heterocycles. The van der Waals surface area contributed by atoms with Crippen LogP contribution in [0, 0.1) is 0 Å². The van der Waals surface area contributed by atoms with Gasteiger partial charge in [-0.3, -0.25) is 4.79 Å². The van der Waals surface area contributed by atoms with E-state index in [-0.39, 0.29) is 23.1 Å². The molecule has 0 bridgehead atoms. The van der Waals surface area contributed by atoms with Gasteiger partial charge in [0.05, 0.1) is 10.1 Å². The number of fused-ring (bicyclic) bond motifs is 1. The summed E-state index contributed by atoms with van der Waals surface area (Å²) in [6.45, 7) is 4.95. The lowest BCUT2D eigenvalue weighted by atomic mass is 9.95. The van der Waals surface area contributed by atoms with Crippen LogP contribution in [0.1, 0.15) is 67.1 Å². The summed E-state index contributed by atoms with van der Waals surface area (Å²) in [4.78, 5) is 13.6. The number of carbonyl (C=O) groups excluding carboxylic acids is 1. The molecule has 1 aromatic heterocycles. The maximum absolute atomic E-state index is 13.0. The van der Waals surface area contributed by atoms with Gasteiger partial charge in [-0.1, -0.05) is 31.0 Å². The summed E-state index contributed by atoms with van der Waals surface area (Å²) in [7, 11) is -3.23. The number of carbonyl (C=O) groups is 1. The minimum atomic E-state index is -3.23. The van der Waals surface area contributed by atoms with Crippen molar-refractivity contribution >= 4 is 37.4 Å². The third-order valence-corrected chi connectivity index (χ3v) is 9.45. The molecule has 2 aromatic rings. The Bertz CT molecular complexity index is 975. The third kappa shape index (κ3) is 3.60. The number of nitrogens with zero attached hydrogens (tertiary/aromatic N) is 1. The molecule has 1 N–H and O–H groups in total. The number of hydrogen-bond donors (Lipinski definition) is 1. The van der Waals surface area contributed by atoms with Crippen LogP contribution >= 0.6 is 11.3 Å². The molecule has 152 valence electrons. The highest BCUT2D eigenvalue weighted by Crippen LogP contribution is 2.41. The first-order valence-electron chi connectivity index (χ1n) is 10.2. The van der Waals surface area contributed by atoms with E-state index >= 15 is 0 Å². The molecule has 2 fully saturated rings. The fraction of sp³-hybridized carbons (Fsp3) is 0.571. The van der Waals surface area contributed by atoms with E-state index in [1.54, 1.807) is 4.31 Å². The number of amides is 1. The molecule has 1 amide bonds. The fourth-order valence-electron chi connectivity index (χ4n) is 4.56. The molecule has 1 saturated heterocycles. The van der Waals surface area contributed by atoms with Crippen LogP contribution in [0.3, 0.4) is 0 Å². The first-order chi connectivity index (χ1) is 13.4. The van der Waals surface area contributed by atoms with Crippen molar-refractivity contribution in [2.24, 2.45) is 0 Å². The zero-order chi connectivity index (χ0) is 19.9. The normalized spacial score (nSPS) is 21.8. The summed E-state index contributed by atoms with van der Waals surface area (Å²) < 4.78 is 28.8. The van der Waals surface area contributed by atoms with Gasteiger partial charge < -0.3 is 5.32 Å². The molecule has 1 aromatic carbocycles. The van der Waals surface area contributed by atoms with Crippen molar-refractivity contribution in [2.45, 2.75) is 63.2 Å². The summed E-state index contributed by atoms with van der Waals surface area (Å²) >= 11 is 1.51. The quantitative estimate of drug-likeness (QED) is 0.792. The summed E-state index contributed by atoms with van der Waals surface area (Å²) in [6, 6.07) is 8.13. The summed E-state index contributed by atoms with van der Waals surface area (Å²) in [5.41, 5.74) is 1.03. The minimum Gasteiger partial charge on any atom is -0.349 e. The molecule has 5 nitrogen and oxygen atoms in total. The van der Waals surface area contributed by atoms with E-state index in [1.165, 1.54) is 11.3 Å². The topological polar surface area (TPSA) is 66.5 Å². The zero-order valence-electron chi connectivity index (χ0n) is 16.5. The molecule has 4 rings (SSSR count). The van der Waals surface area contributed by atoms with E-state index in [9.17, 15) is 13.2 Å². The van der Waals surface area contributed by atoms with E-state index in [4.69, 9.17) is 0 Å². The highest BCUT2D eigenvalue weighted by Gasteiger charge is 2.40. The molecule has 1 atom stereocenters. The number of nitrogens with one attached hydrogen (secondary N) is 1. The van der Waals surface area contributed by atoms with Crippen molar-refractivity contribution < 1.29 is 13.2 Å². The fourth-order valence-corrected chi connectivity index (χ4v) is 7.85. The van der Waals surface area contributed by atoms with Gasteiger partial charge in [0.15, 0.2) is 0 Å². The van der Waals surface area contributed by atoms with Gasteiger partial charge in [0.25, 0.3) is 5.91 Å². The third-order valence-electron chi connectivity index (χ3n) is 5.90. The van der Waals surface area contributed by atoms with Crippen molar-refractivity contribution in [3.8, 4) is 0 Å². The van der Waals surface area contributed by atoms with Crippen molar-refractivity contribution in [1.29, 1.82) is 0 Å². The first kappa shape index (κ1) is 19.9. The van der Waals surface area contributed by atoms with Crippen LogP contribution in [-0.2, 0) is 10.0 Å². The van der Waals surface area contributed by atoms with Crippen LogP contribution in [0.2, 0.25) is 0 Å². The maximum atomic E-state index is 13.0. The Balaban J connectivity index is 1.66. The van der Waals surface area contributed by atoms with Crippen molar-refractivity contribution in [1.82, 2.24) is 9.62 Å². The first-order valence-corrected chi connectivity index (χ1v) is 12.5. The highest BCUT2D eigenvalue weighted by molar-refractivity contribution is 7.89. The zero-order valence-corrected chi connectivity index (χ0v) is 18.1. The Morgan fingerprint density at radius 3 is 2.61 bits per heavy atom. The molecular formula is C21H28N2O3S2. The monoisotopic (exact) mass is 420 g/mol. The molecule has 7 heteroatoms. The van der Waals surface area contributed by atoms with Gasteiger partial charge in [-0.2, -0.15) is 0 Å². The Labute approximate surface area is 171 Å². The lowest BCUT2D eigenvalue weighted by Crippen LogP contribution is -2.36. The van der Waals surface area contributed by atoms with Gasteiger partial charge in [0.2, 0.25) is 10.0 Å². The van der Waals surface area contributed by atoms with Gasteiger partial charge in [-0.25, -0.2) is 12.7 Å². The van der Waals surface area contributed by atoms with E-state index in [0.717, 1.165) is 52.6 Å². The van der Waals surface area contributed by atoms with Crippen LogP contribution in [0.15, 0.2) is 24.3 Å². The number of sulfonamides is 1. The van der Waals surface area contributed by atoms with Crippen molar-refractivity contribution in [3.63, 3.8) is 0 Å². The molecular weight excluding hydrogens is 392 g/mol. The van der Waals surface area contributed by atoms with Gasteiger partial charge in [-0.15, -0.1) is 11.3 Å². The Morgan fingerprint density at radius 2 is 1.89 bits per heavy atom. The smallest absolute Gasteiger partial charge is 0.261 e. The van der Waals surface area contributed by atoms with Crippen LogP contribution in [0.4, 0.5) is 0 Å². The number of rotatable bonds is 5. The lowest BCUT2D eigenvalue weighted by Gasteiger charge is -2.21. The predicted molar refractivity (Wildman–Crippen MR) is 115 cm³/mol. The Kier molecular flexibility index (Phi) is 5.51. The maximum Gasteiger partial charge on any atom is 0.261 e. The summed E-state index contributed by atoms with van der Waals surface area (Å²) in [5, 5.41) is 3.89. The molecule has 1 saturated carbocycles. The molecule has 0 spiro atoms. The predicted octanol–water partition coefficient (Wildman–Crippen LogP) is 4.10. The molecule has 1 aliphatic heterocycles. The number of hydrogen-bond acceptors (Lipinski definition) is 4. The van der Waals surface area contributed by atoms with Gasteiger partial charge >= 0.3 is 0 Å². The van der Waals surface area contributed by atoms with E-state index in [1.807, 2.05) is 32.0 Å². The average molecular weight is 421 g/mol. The Morgan fingerprint density at radius 1 is 1.18 bits per heavy atom. The van der Waals surface area contributed by atoms with Crippen LogP contribution < -0.4 is 5.32 Å². The summed E-state index contributed by atoms with van der Waals surface area (Å²) in [5.74, 6) is 0.0172. The second-order valence-electron chi connectivity index (χ2n) is 8.26. The van der Waals surface area contributed by atoms with E-state index < -0.39 is 10.0 Å². The van der Waals surface area contributed by atoms with E-state index in [0.29, 0.717) is 13.1 Å². The number of benzene rings is 1.